The molecule has 1 aliphatic carbocycles. The zero-order valence-electron chi connectivity index (χ0n) is 15.0. The highest BCUT2D eigenvalue weighted by Crippen LogP contribution is 2.39. The quantitative estimate of drug-likeness (QED) is 0.845. The van der Waals surface area contributed by atoms with Crippen molar-refractivity contribution in [2.45, 2.75) is 51.3 Å². The van der Waals surface area contributed by atoms with Crippen LogP contribution >= 0.6 is 0 Å². The van der Waals surface area contributed by atoms with Gasteiger partial charge in [0.1, 0.15) is 0 Å². The topological polar surface area (TPSA) is 23.5 Å². The van der Waals surface area contributed by atoms with Crippen LogP contribution < -0.4 is 0 Å². The van der Waals surface area contributed by atoms with Crippen molar-refractivity contribution in [3.05, 3.63) is 70.3 Å². The lowest BCUT2D eigenvalue weighted by Gasteiger charge is -2.40. The molecule has 2 aliphatic rings. The van der Waals surface area contributed by atoms with E-state index >= 15 is 0 Å². The fourth-order valence-electron chi connectivity index (χ4n) is 3.83. The van der Waals surface area contributed by atoms with Gasteiger partial charge in [0.25, 0.3) is 0 Å². The summed E-state index contributed by atoms with van der Waals surface area (Å²) in [5, 5.41) is 9.12. The third kappa shape index (κ3) is 3.49. The molecule has 2 nitrogen and oxygen atoms in total. The molecule has 1 aliphatic heterocycles. The van der Waals surface area contributed by atoms with E-state index in [0.29, 0.717) is 0 Å². The van der Waals surface area contributed by atoms with Gasteiger partial charge in [-0.3, -0.25) is 4.90 Å². The summed E-state index contributed by atoms with van der Waals surface area (Å²) in [6, 6.07) is 15.3. The molecule has 0 saturated heterocycles. The van der Waals surface area contributed by atoms with Crippen LogP contribution in [-0.2, 0) is 18.6 Å². The molecule has 1 saturated carbocycles. The second-order valence-electron chi connectivity index (χ2n) is 8.00. The van der Waals surface area contributed by atoms with Gasteiger partial charge in [-0.25, -0.2) is 0 Å². The highest BCUT2D eigenvalue weighted by molar-refractivity contribution is 5.48. The van der Waals surface area contributed by atoms with Gasteiger partial charge in [0, 0.05) is 35.7 Å². The number of aliphatic hydroxyl groups excluding tert-OH is 1. The molecular weight excluding hydrogens is 306 g/mol. The fraction of sp³-hybridized carbons (Fsp3) is 0.391. The van der Waals surface area contributed by atoms with Crippen LogP contribution in [0.1, 0.15) is 54.5 Å². The molecule has 0 unspecified atom stereocenters. The minimum atomic E-state index is 0.0749. The van der Waals surface area contributed by atoms with Gasteiger partial charge in [-0.05, 0) is 53.8 Å². The van der Waals surface area contributed by atoms with Crippen LogP contribution in [0.3, 0.4) is 0 Å². The smallest absolute Gasteiger partial charge is 0.0681 e. The molecule has 0 atom stereocenters. The Morgan fingerprint density at radius 3 is 2.40 bits per heavy atom. The SMILES string of the molecule is CC1(C)CN(C2CC2)Cc2ccc(C#Cc3ccc(CO)cc3)cc21. The molecule has 2 aromatic carbocycles. The monoisotopic (exact) mass is 331 g/mol. The molecule has 0 spiro atoms. The summed E-state index contributed by atoms with van der Waals surface area (Å²) in [6.45, 7) is 7.01. The molecule has 4 rings (SSSR count). The largest absolute Gasteiger partial charge is 0.392 e. The first kappa shape index (κ1) is 16.4. The van der Waals surface area contributed by atoms with Crippen LogP contribution in [0, 0.1) is 11.8 Å². The molecule has 0 bridgehead atoms. The maximum atomic E-state index is 9.12. The highest BCUT2D eigenvalue weighted by Gasteiger charge is 2.38. The number of rotatable bonds is 2. The third-order valence-corrected chi connectivity index (χ3v) is 5.36. The maximum absolute atomic E-state index is 9.12. The van der Waals surface area contributed by atoms with Crippen molar-refractivity contribution in [2.75, 3.05) is 6.54 Å². The zero-order valence-corrected chi connectivity index (χ0v) is 15.0. The number of aliphatic hydroxyl groups is 1. The summed E-state index contributed by atoms with van der Waals surface area (Å²) in [4.78, 5) is 2.65. The average molecular weight is 331 g/mol. The van der Waals surface area contributed by atoms with Crippen molar-refractivity contribution in [1.82, 2.24) is 4.90 Å². The van der Waals surface area contributed by atoms with Crippen LogP contribution in [0.25, 0.3) is 0 Å². The van der Waals surface area contributed by atoms with Gasteiger partial charge in [0.05, 0.1) is 6.61 Å². The molecular formula is C23H25NO. The van der Waals surface area contributed by atoms with Gasteiger partial charge in [-0.1, -0.05) is 43.9 Å². The van der Waals surface area contributed by atoms with Gasteiger partial charge < -0.3 is 5.11 Å². The summed E-state index contributed by atoms with van der Waals surface area (Å²) < 4.78 is 0. The van der Waals surface area contributed by atoms with Gasteiger partial charge in [-0.2, -0.15) is 0 Å². The Hall–Kier alpha value is -2.08. The van der Waals surface area contributed by atoms with E-state index in [9.17, 15) is 0 Å². The lowest BCUT2D eigenvalue weighted by atomic mass is 9.77. The molecule has 1 N–H and O–H groups in total. The summed E-state index contributed by atoms with van der Waals surface area (Å²) in [5.41, 5.74) is 6.07. The van der Waals surface area contributed by atoms with E-state index in [0.717, 1.165) is 35.8 Å². The van der Waals surface area contributed by atoms with Crippen LogP contribution in [0.4, 0.5) is 0 Å². The Balaban J connectivity index is 1.60. The minimum absolute atomic E-state index is 0.0749. The number of nitrogens with zero attached hydrogens (tertiary/aromatic N) is 1. The van der Waals surface area contributed by atoms with Crippen molar-refractivity contribution < 1.29 is 5.11 Å². The molecule has 2 aromatic rings. The lowest BCUT2D eigenvalue weighted by molar-refractivity contribution is 0.185. The molecule has 25 heavy (non-hydrogen) atoms. The van der Waals surface area contributed by atoms with Gasteiger partial charge >= 0.3 is 0 Å². The zero-order chi connectivity index (χ0) is 17.4. The van der Waals surface area contributed by atoms with Crippen LogP contribution in [0.2, 0.25) is 0 Å². The highest BCUT2D eigenvalue weighted by atomic mass is 16.3. The van der Waals surface area contributed by atoms with Crippen LogP contribution in [-0.4, -0.2) is 22.6 Å². The first-order valence-corrected chi connectivity index (χ1v) is 9.14. The third-order valence-electron chi connectivity index (χ3n) is 5.36. The standard InChI is InChI=1S/C23H25NO/c1-23(2)16-24(21-11-12-21)14-20-10-9-18(13-22(20)23)6-3-17-4-7-19(15-25)8-5-17/h4-5,7-10,13,21,25H,11-12,14-16H2,1-2H3. The molecule has 0 amide bonds. The van der Waals surface area contributed by atoms with Crippen molar-refractivity contribution in [3.8, 4) is 11.8 Å². The molecule has 2 heteroatoms. The van der Waals surface area contributed by atoms with Crippen molar-refractivity contribution in [1.29, 1.82) is 0 Å². The number of hydrogen-bond donors (Lipinski definition) is 1. The number of benzene rings is 2. The predicted molar refractivity (Wildman–Crippen MR) is 101 cm³/mol. The summed E-state index contributed by atoms with van der Waals surface area (Å²) in [6.07, 6.45) is 2.73. The first-order chi connectivity index (χ1) is 12.0. The molecule has 0 radical (unpaired) electrons. The Morgan fingerprint density at radius 1 is 1.04 bits per heavy atom. The van der Waals surface area contributed by atoms with Crippen molar-refractivity contribution in [2.24, 2.45) is 0 Å². The molecule has 1 heterocycles. The Bertz CT molecular complexity index is 835. The average Bonchev–Trinajstić information content (AvgIpc) is 3.45. The second-order valence-corrected chi connectivity index (χ2v) is 8.00. The van der Waals surface area contributed by atoms with Crippen molar-refractivity contribution in [3.63, 3.8) is 0 Å². The molecule has 0 aromatic heterocycles. The van der Waals surface area contributed by atoms with E-state index in [1.54, 1.807) is 0 Å². The van der Waals surface area contributed by atoms with Gasteiger partial charge in [-0.15, -0.1) is 0 Å². The maximum Gasteiger partial charge on any atom is 0.0681 e. The fourth-order valence-corrected chi connectivity index (χ4v) is 3.83. The summed E-state index contributed by atoms with van der Waals surface area (Å²) in [7, 11) is 0. The number of fused-ring (bicyclic) bond motifs is 1. The van der Waals surface area contributed by atoms with E-state index in [4.69, 9.17) is 5.11 Å². The molecule has 1 fully saturated rings. The summed E-state index contributed by atoms with van der Waals surface area (Å²) in [5.74, 6) is 6.55. The van der Waals surface area contributed by atoms with E-state index in [1.807, 2.05) is 24.3 Å². The van der Waals surface area contributed by atoms with Crippen LogP contribution in [0.5, 0.6) is 0 Å². The van der Waals surface area contributed by atoms with E-state index in [1.165, 1.54) is 24.0 Å². The first-order valence-electron chi connectivity index (χ1n) is 9.14. The Morgan fingerprint density at radius 2 is 1.72 bits per heavy atom. The molecule has 128 valence electrons. The summed E-state index contributed by atoms with van der Waals surface area (Å²) >= 11 is 0. The predicted octanol–water partition coefficient (Wildman–Crippen LogP) is 3.83. The number of hydrogen-bond acceptors (Lipinski definition) is 2. The van der Waals surface area contributed by atoms with Crippen LogP contribution in [0.15, 0.2) is 42.5 Å². The van der Waals surface area contributed by atoms with Gasteiger partial charge in [0.15, 0.2) is 0 Å². The normalized spacial score (nSPS) is 19.0. The second kappa shape index (κ2) is 6.33. The lowest BCUT2D eigenvalue weighted by Crippen LogP contribution is -2.43. The van der Waals surface area contributed by atoms with E-state index < -0.39 is 0 Å². The Labute approximate surface area is 150 Å². The van der Waals surface area contributed by atoms with E-state index in [2.05, 4.69) is 48.8 Å². The van der Waals surface area contributed by atoms with E-state index in [-0.39, 0.29) is 12.0 Å². The Kier molecular flexibility index (Phi) is 4.15. The van der Waals surface area contributed by atoms with Crippen molar-refractivity contribution >= 4 is 0 Å². The minimum Gasteiger partial charge on any atom is -0.392 e. The van der Waals surface area contributed by atoms with Gasteiger partial charge in [0.2, 0.25) is 0 Å².